The quantitative estimate of drug-likeness (QED) is 0.783. The number of aromatic nitrogens is 1. The predicted molar refractivity (Wildman–Crippen MR) is 93.5 cm³/mol. The third kappa shape index (κ3) is 4.60. The molecule has 0 bridgehead atoms. The average Bonchev–Trinajstić information content (AvgIpc) is 2.72. The Morgan fingerprint density at radius 2 is 1.83 bits per heavy atom. The number of rotatable bonds is 6. The first-order valence-electron chi connectivity index (χ1n) is 8.91. The molecule has 0 aliphatic carbocycles. The number of aryl methyl sites for hydroxylation is 1. The molecule has 1 fully saturated rings. The highest BCUT2D eigenvalue weighted by atomic mass is 16.5. The zero-order valence-corrected chi connectivity index (χ0v) is 15.0. The average molecular weight is 335 g/mol. The van der Waals surface area contributed by atoms with Crippen molar-refractivity contribution < 1.29 is 14.3 Å². The monoisotopic (exact) mass is 335 g/mol. The van der Waals surface area contributed by atoms with E-state index in [1.165, 1.54) is 25.7 Å². The Labute approximate surface area is 143 Å². The molecule has 1 aromatic heterocycles. The number of amides is 1. The Morgan fingerprint density at radius 3 is 2.46 bits per heavy atom. The number of esters is 1. The lowest BCUT2D eigenvalue weighted by Crippen LogP contribution is -2.35. The highest BCUT2D eigenvalue weighted by molar-refractivity contribution is 6.01. The first kappa shape index (κ1) is 18.5. The van der Waals surface area contributed by atoms with Gasteiger partial charge in [-0.3, -0.25) is 4.79 Å². The van der Waals surface area contributed by atoms with Gasteiger partial charge < -0.3 is 19.9 Å². The molecule has 2 N–H and O–H groups in total. The number of hydrogen-bond donors (Lipinski definition) is 2. The van der Waals surface area contributed by atoms with Crippen LogP contribution in [0.15, 0.2) is 0 Å². The van der Waals surface area contributed by atoms with Crippen LogP contribution in [0.1, 0.15) is 64.7 Å². The van der Waals surface area contributed by atoms with Crippen LogP contribution in [0.2, 0.25) is 0 Å². The van der Waals surface area contributed by atoms with Crippen LogP contribution in [0.4, 0.5) is 0 Å². The molecule has 1 aliphatic rings. The molecular formula is C18H29N3O3. The van der Waals surface area contributed by atoms with Crippen molar-refractivity contribution in [3.8, 4) is 0 Å². The van der Waals surface area contributed by atoms with E-state index in [0.717, 1.165) is 19.6 Å². The fourth-order valence-electron chi connectivity index (χ4n) is 3.27. The molecular weight excluding hydrogens is 306 g/mol. The zero-order valence-electron chi connectivity index (χ0n) is 15.0. The smallest absolute Gasteiger partial charge is 0.355 e. The largest absolute Gasteiger partial charge is 0.461 e. The fourth-order valence-corrected chi connectivity index (χ4v) is 3.27. The first-order chi connectivity index (χ1) is 11.5. The van der Waals surface area contributed by atoms with E-state index in [2.05, 4.69) is 15.2 Å². The van der Waals surface area contributed by atoms with Gasteiger partial charge in [0.1, 0.15) is 5.69 Å². The van der Waals surface area contributed by atoms with Crippen molar-refractivity contribution in [3.05, 3.63) is 22.5 Å². The van der Waals surface area contributed by atoms with Gasteiger partial charge in [0.15, 0.2) is 0 Å². The maximum Gasteiger partial charge on any atom is 0.355 e. The second-order valence-electron chi connectivity index (χ2n) is 6.36. The number of ether oxygens (including phenoxy) is 1. The molecule has 1 saturated heterocycles. The summed E-state index contributed by atoms with van der Waals surface area (Å²) in [5.74, 6) is -0.548. The summed E-state index contributed by atoms with van der Waals surface area (Å²) in [7, 11) is 0. The number of carbonyl (C=O) groups is 2. The summed E-state index contributed by atoms with van der Waals surface area (Å²) in [4.78, 5) is 29.8. The topological polar surface area (TPSA) is 74.4 Å². The van der Waals surface area contributed by atoms with E-state index in [1.807, 2.05) is 0 Å². The maximum atomic E-state index is 12.5. The van der Waals surface area contributed by atoms with Crippen molar-refractivity contribution >= 4 is 11.9 Å². The summed E-state index contributed by atoms with van der Waals surface area (Å²) in [6.45, 7) is 9.39. The maximum absolute atomic E-state index is 12.5. The molecule has 1 aromatic rings. The summed E-state index contributed by atoms with van der Waals surface area (Å²) in [5, 5.41) is 2.98. The molecule has 6 nitrogen and oxygen atoms in total. The molecule has 6 heteroatoms. The van der Waals surface area contributed by atoms with E-state index in [4.69, 9.17) is 4.74 Å². The van der Waals surface area contributed by atoms with Gasteiger partial charge in [-0.2, -0.15) is 0 Å². The zero-order chi connectivity index (χ0) is 17.5. The molecule has 0 spiro atoms. The molecule has 1 amide bonds. The van der Waals surface area contributed by atoms with E-state index in [0.29, 0.717) is 35.7 Å². The van der Waals surface area contributed by atoms with E-state index in [1.54, 1.807) is 20.8 Å². The lowest BCUT2D eigenvalue weighted by molar-refractivity contribution is 0.0519. The lowest BCUT2D eigenvalue weighted by Gasteiger charge is -2.19. The minimum absolute atomic E-state index is 0.133. The van der Waals surface area contributed by atoms with Gasteiger partial charge in [0.2, 0.25) is 0 Å². The van der Waals surface area contributed by atoms with Crippen molar-refractivity contribution in [2.45, 2.75) is 46.5 Å². The Hall–Kier alpha value is -1.82. The van der Waals surface area contributed by atoms with Gasteiger partial charge in [0.25, 0.3) is 5.91 Å². The van der Waals surface area contributed by atoms with Crippen LogP contribution in [0.5, 0.6) is 0 Å². The Morgan fingerprint density at radius 1 is 1.17 bits per heavy atom. The van der Waals surface area contributed by atoms with Crippen molar-refractivity contribution in [1.29, 1.82) is 0 Å². The molecule has 24 heavy (non-hydrogen) atoms. The first-order valence-corrected chi connectivity index (χ1v) is 8.91. The van der Waals surface area contributed by atoms with Crippen LogP contribution in [-0.4, -0.2) is 54.5 Å². The molecule has 1 aliphatic heterocycles. The second-order valence-corrected chi connectivity index (χ2v) is 6.36. The fraction of sp³-hybridized carbons (Fsp3) is 0.667. The number of hydrogen-bond acceptors (Lipinski definition) is 4. The standard InChI is InChI=1S/C18H29N3O3/c1-4-24-18(23)16-13(2)15(14(3)20-16)17(22)19-9-12-21-10-7-5-6-8-11-21/h20H,4-12H2,1-3H3,(H,19,22). The Bertz CT molecular complexity index is 572. The molecule has 0 saturated carbocycles. The van der Waals surface area contributed by atoms with Crippen LogP contribution in [0, 0.1) is 13.8 Å². The molecule has 0 radical (unpaired) electrons. The van der Waals surface area contributed by atoms with Crippen LogP contribution < -0.4 is 5.32 Å². The third-order valence-corrected chi connectivity index (χ3v) is 4.56. The van der Waals surface area contributed by atoms with Crippen molar-refractivity contribution in [1.82, 2.24) is 15.2 Å². The van der Waals surface area contributed by atoms with E-state index in [-0.39, 0.29) is 5.91 Å². The molecule has 0 unspecified atom stereocenters. The van der Waals surface area contributed by atoms with Gasteiger partial charge in [-0.1, -0.05) is 12.8 Å². The lowest BCUT2D eigenvalue weighted by atomic mass is 10.1. The van der Waals surface area contributed by atoms with Crippen molar-refractivity contribution in [2.24, 2.45) is 0 Å². The summed E-state index contributed by atoms with van der Waals surface area (Å²) in [6, 6.07) is 0. The van der Waals surface area contributed by atoms with Crippen LogP contribution in [-0.2, 0) is 4.74 Å². The summed E-state index contributed by atoms with van der Waals surface area (Å²) < 4.78 is 5.02. The molecule has 2 heterocycles. The van der Waals surface area contributed by atoms with Gasteiger partial charge >= 0.3 is 5.97 Å². The number of H-pyrrole nitrogens is 1. The third-order valence-electron chi connectivity index (χ3n) is 4.56. The Kier molecular flexibility index (Phi) is 6.85. The van der Waals surface area contributed by atoms with Gasteiger partial charge in [0, 0.05) is 18.8 Å². The SMILES string of the molecule is CCOC(=O)c1[nH]c(C)c(C(=O)NCCN2CCCCCC2)c1C. The van der Waals surface area contributed by atoms with E-state index >= 15 is 0 Å². The second kappa shape index (κ2) is 8.87. The van der Waals surface area contributed by atoms with Gasteiger partial charge in [0.05, 0.1) is 12.2 Å². The summed E-state index contributed by atoms with van der Waals surface area (Å²) in [5.41, 5.74) is 2.27. The van der Waals surface area contributed by atoms with Crippen molar-refractivity contribution in [3.63, 3.8) is 0 Å². The highest BCUT2D eigenvalue weighted by Gasteiger charge is 2.22. The summed E-state index contributed by atoms with van der Waals surface area (Å²) in [6.07, 6.45) is 5.10. The predicted octanol–water partition coefficient (Wildman–Crippen LogP) is 2.41. The van der Waals surface area contributed by atoms with Gasteiger partial charge in [-0.05, 0) is 52.3 Å². The number of aromatic amines is 1. The number of nitrogens with one attached hydrogen (secondary N) is 2. The molecule has 0 atom stereocenters. The van der Waals surface area contributed by atoms with E-state index in [9.17, 15) is 9.59 Å². The molecule has 134 valence electrons. The van der Waals surface area contributed by atoms with E-state index < -0.39 is 5.97 Å². The van der Waals surface area contributed by atoms with Crippen LogP contribution in [0.25, 0.3) is 0 Å². The summed E-state index contributed by atoms with van der Waals surface area (Å²) >= 11 is 0. The minimum Gasteiger partial charge on any atom is -0.461 e. The molecule has 2 rings (SSSR count). The van der Waals surface area contributed by atoms with Gasteiger partial charge in [-0.25, -0.2) is 4.79 Å². The number of nitrogens with zero attached hydrogens (tertiary/aromatic N) is 1. The highest BCUT2D eigenvalue weighted by Crippen LogP contribution is 2.18. The van der Waals surface area contributed by atoms with Crippen LogP contribution >= 0.6 is 0 Å². The number of likely N-dealkylation sites (tertiary alicyclic amines) is 1. The van der Waals surface area contributed by atoms with Crippen molar-refractivity contribution in [2.75, 3.05) is 32.8 Å². The van der Waals surface area contributed by atoms with Gasteiger partial charge in [-0.15, -0.1) is 0 Å². The number of carbonyl (C=O) groups excluding carboxylic acids is 2. The van der Waals surface area contributed by atoms with Crippen LogP contribution in [0.3, 0.4) is 0 Å². The molecule has 0 aromatic carbocycles. The Balaban J connectivity index is 1.93. The normalized spacial score (nSPS) is 15.8. The minimum atomic E-state index is -0.415.